The molecule has 1 saturated carbocycles. The van der Waals surface area contributed by atoms with E-state index in [0.29, 0.717) is 16.7 Å². The molecule has 1 aromatic carbocycles. The molecule has 0 radical (unpaired) electrons. The van der Waals surface area contributed by atoms with Crippen molar-refractivity contribution in [2.75, 3.05) is 31.1 Å². The molecule has 4 nitrogen and oxygen atoms in total. The predicted octanol–water partition coefficient (Wildman–Crippen LogP) is 4.59. The average Bonchev–Trinajstić information content (AvgIpc) is 2.82. The molecule has 2 heterocycles. The second kappa shape index (κ2) is 7.63. The van der Waals surface area contributed by atoms with Crippen LogP contribution in [0.25, 0.3) is 0 Å². The Morgan fingerprint density at radius 1 is 0.960 bits per heavy atom. The number of ether oxygens (including phenoxy) is 1. The van der Waals surface area contributed by atoms with Crippen LogP contribution in [0.1, 0.15) is 25.7 Å². The summed E-state index contributed by atoms with van der Waals surface area (Å²) in [6, 6.07) is 12.3. The quantitative estimate of drug-likeness (QED) is 0.800. The first-order valence-corrected chi connectivity index (χ1v) is 9.55. The van der Waals surface area contributed by atoms with Crippen molar-refractivity contribution in [3.05, 3.63) is 47.6 Å². The average molecular weight is 358 g/mol. The lowest BCUT2D eigenvalue weighted by atomic mass is 9.91. The highest BCUT2D eigenvalue weighted by molar-refractivity contribution is 6.32. The number of halogens is 1. The number of benzene rings is 1. The first kappa shape index (κ1) is 16.7. The summed E-state index contributed by atoms with van der Waals surface area (Å²) < 4.78 is 5.78. The molecule has 0 bridgehead atoms. The van der Waals surface area contributed by atoms with E-state index in [2.05, 4.69) is 20.9 Å². The molecule has 1 aliphatic carbocycles. The largest absolute Gasteiger partial charge is 0.437 e. The smallest absolute Gasteiger partial charge is 0.219 e. The van der Waals surface area contributed by atoms with Crippen molar-refractivity contribution in [2.24, 2.45) is 0 Å². The van der Waals surface area contributed by atoms with E-state index < -0.39 is 0 Å². The van der Waals surface area contributed by atoms with E-state index >= 15 is 0 Å². The van der Waals surface area contributed by atoms with E-state index in [9.17, 15) is 0 Å². The number of pyridine rings is 1. The minimum absolute atomic E-state index is 0.572. The number of anilines is 1. The molecule has 0 N–H and O–H groups in total. The normalized spacial score (nSPS) is 19.3. The van der Waals surface area contributed by atoms with Gasteiger partial charge < -0.3 is 9.64 Å². The molecule has 4 rings (SSSR count). The van der Waals surface area contributed by atoms with Crippen molar-refractivity contribution in [1.82, 2.24) is 9.88 Å². The van der Waals surface area contributed by atoms with Crippen LogP contribution >= 0.6 is 11.6 Å². The van der Waals surface area contributed by atoms with E-state index in [1.54, 1.807) is 0 Å². The van der Waals surface area contributed by atoms with Crippen molar-refractivity contribution >= 4 is 17.3 Å². The standard InChI is InChI=1S/C20H24ClN3O/c21-18-7-1-2-8-19(18)25-20-10-9-17(15-22-20)24-12-4-11-23(13-14-24)16-5-3-6-16/h1-2,7-10,15-16H,3-6,11-14H2. The Kier molecular flexibility index (Phi) is 5.09. The van der Waals surface area contributed by atoms with Crippen LogP contribution in [-0.4, -0.2) is 42.1 Å². The lowest BCUT2D eigenvalue weighted by Gasteiger charge is -2.36. The summed E-state index contributed by atoms with van der Waals surface area (Å²) in [5.41, 5.74) is 1.17. The van der Waals surface area contributed by atoms with E-state index in [4.69, 9.17) is 16.3 Å². The molecular formula is C20H24ClN3O. The lowest BCUT2D eigenvalue weighted by molar-refractivity contribution is 0.136. The summed E-state index contributed by atoms with van der Waals surface area (Å²) in [6.45, 7) is 4.54. The van der Waals surface area contributed by atoms with Crippen LogP contribution in [0, 0.1) is 0 Å². The van der Waals surface area contributed by atoms with Gasteiger partial charge in [0, 0.05) is 38.3 Å². The van der Waals surface area contributed by atoms with Gasteiger partial charge in [-0.1, -0.05) is 30.2 Å². The number of nitrogens with zero attached hydrogens (tertiary/aromatic N) is 3. The Labute approximate surface area is 154 Å². The van der Waals surface area contributed by atoms with Crippen molar-refractivity contribution in [3.8, 4) is 11.6 Å². The maximum Gasteiger partial charge on any atom is 0.219 e. The number of para-hydroxylation sites is 1. The zero-order valence-corrected chi connectivity index (χ0v) is 15.2. The highest BCUT2D eigenvalue weighted by atomic mass is 35.5. The van der Waals surface area contributed by atoms with Crippen LogP contribution < -0.4 is 9.64 Å². The molecule has 0 atom stereocenters. The van der Waals surface area contributed by atoms with Gasteiger partial charge >= 0.3 is 0 Å². The number of aromatic nitrogens is 1. The third-order valence-corrected chi connectivity index (χ3v) is 5.57. The van der Waals surface area contributed by atoms with E-state index in [1.165, 1.54) is 37.9 Å². The second-order valence-electron chi connectivity index (χ2n) is 6.85. The van der Waals surface area contributed by atoms with Gasteiger partial charge in [-0.3, -0.25) is 4.90 Å². The predicted molar refractivity (Wildman–Crippen MR) is 102 cm³/mol. The fourth-order valence-electron chi connectivity index (χ4n) is 3.57. The molecular weight excluding hydrogens is 334 g/mol. The van der Waals surface area contributed by atoms with Crippen LogP contribution in [0.3, 0.4) is 0 Å². The molecule has 0 amide bonds. The number of hydrogen-bond acceptors (Lipinski definition) is 4. The van der Waals surface area contributed by atoms with Crippen molar-refractivity contribution in [1.29, 1.82) is 0 Å². The summed E-state index contributed by atoms with van der Waals surface area (Å²) in [6.07, 6.45) is 7.30. The molecule has 1 saturated heterocycles. The summed E-state index contributed by atoms with van der Waals surface area (Å²) in [7, 11) is 0. The molecule has 2 aliphatic rings. The molecule has 1 aromatic heterocycles. The van der Waals surface area contributed by atoms with Gasteiger partial charge in [0.15, 0.2) is 0 Å². The van der Waals surface area contributed by atoms with Gasteiger partial charge in [-0.15, -0.1) is 0 Å². The summed E-state index contributed by atoms with van der Waals surface area (Å²) >= 11 is 6.14. The molecule has 0 unspecified atom stereocenters. The molecule has 1 aliphatic heterocycles. The fraction of sp³-hybridized carbons (Fsp3) is 0.450. The van der Waals surface area contributed by atoms with Crippen LogP contribution in [0.5, 0.6) is 11.6 Å². The fourth-order valence-corrected chi connectivity index (χ4v) is 3.75. The van der Waals surface area contributed by atoms with Gasteiger partial charge in [-0.05, 0) is 37.5 Å². The molecule has 0 spiro atoms. The first-order valence-electron chi connectivity index (χ1n) is 9.17. The van der Waals surface area contributed by atoms with Crippen LogP contribution in [-0.2, 0) is 0 Å². The van der Waals surface area contributed by atoms with Crippen LogP contribution in [0.2, 0.25) is 5.02 Å². The third-order valence-electron chi connectivity index (χ3n) is 5.26. The zero-order chi connectivity index (χ0) is 17.1. The highest BCUT2D eigenvalue weighted by Gasteiger charge is 2.26. The Morgan fingerprint density at radius 3 is 2.56 bits per heavy atom. The molecule has 132 valence electrons. The van der Waals surface area contributed by atoms with Gasteiger partial charge in [0.05, 0.1) is 16.9 Å². The van der Waals surface area contributed by atoms with E-state index in [1.807, 2.05) is 36.5 Å². The van der Waals surface area contributed by atoms with E-state index in [-0.39, 0.29) is 0 Å². The SMILES string of the molecule is Clc1ccccc1Oc1ccc(N2CCCN(C3CCC3)CC2)cn1. The maximum absolute atomic E-state index is 6.14. The van der Waals surface area contributed by atoms with Gasteiger partial charge in [0.25, 0.3) is 0 Å². The van der Waals surface area contributed by atoms with Gasteiger partial charge in [-0.25, -0.2) is 4.98 Å². The molecule has 2 aromatic rings. The summed E-state index contributed by atoms with van der Waals surface area (Å²) in [4.78, 5) is 9.57. The van der Waals surface area contributed by atoms with Crippen LogP contribution in [0.4, 0.5) is 5.69 Å². The van der Waals surface area contributed by atoms with Crippen molar-refractivity contribution in [2.45, 2.75) is 31.7 Å². The number of rotatable bonds is 4. The van der Waals surface area contributed by atoms with E-state index in [0.717, 1.165) is 25.7 Å². The molecule has 25 heavy (non-hydrogen) atoms. The monoisotopic (exact) mass is 357 g/mol. The lowest BCUT2D eigenvalue weighted by Crippen LogP contribution is -2.42. The summed E-state index contributed by atoms with van der Waals surface area (Å²) in [5.74, 6) is 1.21. The maximum atomic E-state index is 6.14. The van der Waals surface area contributed by atoms with Crippen molar-refractivity contribution < 1.29 is 4.74 Å². The molecule has 2 fully saturated rings. The van der Waals surface area contributed by atoms with Gasteiger partial charge in [0.2, 0.25) is 5.88 Å². The second-order valence-corrected chi connectivity index (χ2v) is 7.26. The Bertz CT molecular complexity index is 702. The third kappa shape index (κ3) is 3.91. The minimum atomic E-state index is 0.572. The topological polar surface area (TPSA) is 28.6 Å². The number of hydrogen-bond donors (Lipinski definition) is 0. The summed E-state index contributed by atoms with van der Waals surface area (Å²) in [5, 5.41) is 0.594. The van der Waals surface area contributed by atoms with Crippen molar-refractivity contribution in [3.63, 3.8) is 0 Å². The highest BCUT2D eigenvalue weighted by Crippen LogP contribution is 2.29. The van der Waals surface area contributed by atoms with Gasteiger partial charge in [-0.2, -0.15) is 0 Å². The van der Waals surface area contributed by atoms with Gasteiger partial charge in [0.1, 0.15) is 5.75 Å². The zero-order valence-electron chi connectivity index (χ0n) is 14.4. The minimum Gasteiger partial charge on any atom is -0.437 e. The first-order chi connectivity index (χ1) is 12.3. The van der Waals surface area contributed by atoms with Crippen LogP contribution in [0.15, 0.2) is 42.6 Å². The molecule has 5 heteroatoms. The Balaban J connectivity index is 1.39. The Morgan fingerprint density at radius 2 is 1.84 bits per heavy atom. The Hall–Kier alpha value is -1.78.